The largest absolute Gasteiger partial charge is 0.469 e. The molecule has 0 aliphatic rings. The number of alkyl halides is 2. The Morgan fingerprint density at radius 3 is 2.60 bits per heavy atom. The van der Waals surface area contributed by atoms with Crippen LogP contribution >= 0.6 is 0 Å². The van der Waals surface area contributed by atoms with Gasteiger partial charge in [0.2, 0.25) is 0 Å². The van der Waals surface area contributed by atoms with Crippen molar-refractivity contribution in [1.29, 1.82) is 0 Å². The number of halogens is 2. The van der Waals surface area contributed by atoms with Gasteiger partial charge in [0.05, 0.1) is 13.7 Å². The quantitative estimate of drug-likeness (QED) is 0.461. The first-order valence-electron chi connectivity index (χ1n) is 2.73. The highest BCUT2D eigenvalue weighted by Crippen LogP contribution is 1.87. The van der Waals surface area contributed by atoms with Gasteiger partial charge in [0.25, 0.3) is 12.4 Å². The lowest BCUT2D eigenvalue weighted by Crippen LogP contribution is -2.29. The highest BCUT2D eigenvalue weighted by molar-refractivity contribution is 5.73. The van der Waals surface area contributed by atoms with Gasteiger partial charge in [-0.25, -0.2) is 13.8 Å². The minimum Gasteiger partial charge on any atom is -0.469 e. The number of methoxy groups -OCH3 is 1. The molecule has 0 aromatic heterocycles. The van der Waals surface area contributed by atoms with E-state index in [0.717, 1.165) is 0 Å². The molecule has 0 fully saturated rings. The normalized spacial score (nSPS) is 11.9. The summed E-state index contributed by atoms with van der Waals surface area (Å²) in [5.74, 6) is 0. The summed E-state index contributed by atoms with van der Waals surface area (Å²) in [5, 5.41) is 2.30. The number of nitrogens with zero attached hydrogens (tertiary/aromatic N) is 1. The fourth-order valence-corrected chi connectivity index (χ4v) is 0.407. The molecule has 0 saturated heterocycles. The number of nitrogens with one attached hydrogen (secondary N) is 1. The molecule has 0 heterocycles. The maximum atomic E-state index is 11.5. The van der Waals surface area contributed by atoms with E-state index in [1.807, 2.05) is 0 Å². The maximum Gasteiger partial charge on any atom is 0.284 e. The number of amidine groups is 1. The Balaban J connectivity index is 3.46. The van der Waals surface area contributed by atoms with Crippen molar-refractivity contribution in [1.82, 2.24) is 5.32 Å². The van der Waals surface area contributed by atoms with Crippen LogP contribution in [0.25, 0.3) is 0 Å². The molecule has 5 heteroatoms. The molecule has 0 unspecified atom stereocenters. The average molecular weight is 152 g/mol. The van der Waals surface area contributed by atoms with E-state index in [9.17, 15) is 8.78 Å². The van der Waals surface area contributed by atoms with Gasteiger partial charge in [0, 0.05) is 7.05 Å². The summed E-state index contributed by atoms with van der Waals surface area (Å²) >= 11 is 0. The van der Waals surface area contributed by atoms with Crippen molar-refractivity contribution in [3.8, 4) is 0 Å². The van der Waals surface area contributed by atoms with Gasteiger partial charge >= 0.3 is 0 Å². The van der Waals surface area contributed by atoms with Crippen molar-refractivity contribution in [3.05, 3.63) is 0 Å². The Kier molecular flexibility index (Phi) is 4.53. The molecule has 0 amide bonds. The van der Waals surface area contributed by atoms with Crippen molar-refractivity contribution >= 4 is 6.02 Å². The van der Waals surface area contributed by atoms with Gasteiger partial charge in [-0.1, -0.05) is 0 Å². The minimum atomic E-state index is -2.38. The number of ether oxygens (including phenoxy) is 1. The summed E-state index contributed by atoms with van der Waals surface area (Å²) < 4.78 is 27.5. The number of rotatable bonds is 2. The van der Waals surface area contributed by atoms with Crippen LogP contribution in [0.3, 0.4) is 0 Å². The number of hydrogen-bond acceptors (Lipinski definition) is 2. The molecule has 0 spiro atoms. The van der Waals surface area contributed by atoms with Gasteiger partial charge in [0.15, 0.2) is 0 Å². The predicted octanol–water partition coefficient (Wildman–Crippen LogP) is 0.473. The topological polar surface area (TPSA) is 33.6 Å². The Morgan fingerprint density at radius 1 is 1.70 bits per heavy atom. The first-order valence-corrected chi connectivity index (χ1v) is 2.73. The van der Waals surface area contributed by atoms with Crippen molar-refractivity contribution < 1.29 is 13.5 Å². The van der Waals surface area contributed by atoms with Crippen LogP contribution in [0.4, 0.5) is 8.78 Å². The molecular weight excluding hydrogens is 142 g/mol. The van der Waals surface area contributed by atoms with Crippen LogP contribution in [0.1, 0.15) is 0 Å². The second-order valence-electron chi connectivity index (χ2n) is 1.50. The van der Waals surface area contributed by atoms with E-state index < -0.39 is 13.0 Å². The average Bonchev–Trinajstić information content (AvgIpc) is 1.90. The van der Waals surface area contributed by atoms with E-state index in [0.29, 0.717) is 0 Å². The Hall–Kier alpha value is -0.870. The predicted molar refractivity (Wildman–Crippen MR) is 34.4 cm³/mol. The van der Waals surface area contributed by atoms with E-state index in [2.05, 4.69) is 15.0 Å². The summed E-state index contributed by atoms with van der Waals surface area (Å²) in [6.07, 6.45) is -2.38. The van der Waals surface area contributed by atoms with E-state index in [1.165, 1.54) is 14.2 Å². The SMILES string of the molecule is CN=C(NCC(F)F)OC. The lowest BCUT2D eigenvalue weighted by atomic mass is 10.7. The molecule has 60 valence electrons. The molecule has 1 N–H and O–H groups in total. The summed E-state index contributed by atoms with van der Waals surface area (Å²) in [5.41, 5.74) is 0. The molecule has 3 nitrogen and oxygen atoms in total. The number of hydrogen-bond donors (Lipinski definition) is 1. The zero-order valence-corrected chi connectivity index (χ0v) is 5.90. The first kappa shape index (κ1) is 9.13. The molecule has 0 aliphatic heterocycles. The molecule has 0 atom stereocenters. The molecule has 0 saturated carbocycles. The van der Waals surface area contributed by atoms with Crippen LogP contribution in [0.15, 0.2) is 4.99 Å². The molecule has 0 aromatic rings. The highest BCUT2D eigenvalue weighted by atomic mass is 19.3. The van der Waals surface area contributed by atoms with Crippen LogP contribution in [0.5, 0.6) is 0 Å². The van der Waals surface area contributed by atoms with Crippen LogP contribution in [0, 0.1) is 0 Å². The molecule has 0 aliphatic carbocycles. The minimum absolute atomic E-state index is 0.125. The molecule has 10 heavy (non-hydrogen) atoms. The lowest BCUT2D eigenvalue weighted by Gasteiger charge is -2.05. The van der Waals surface area contributed by atoms with E-state index in [4.69, 9.17) is 0 Å². The highest BCUT2D eigenvalue weighted by Gasteiger charge is 2.02. The third-order valence-corrected chi connectivity index (χ3v) is 0.804. The summed E-state index contributed by atoms with van der Waals surface area (Å²) in [4.78, 5) is 3.53. The summed E-state index contributed by atoms with van der Waals surface area (Å²) in [6, 6.07) is 0.125. The van der Waals surface area contributed by atoms with E-state index in [1.54, 1.807) is 0 Å². The molecule has 0 aromatic carbocycles. The Labute approximate surface area is 58.1 Å². The van der Waals surface area contributed by atoms with E-state index in [-0.39, 0.29) is 6.02 Å². The zero-order valence-electron chi connectivity index (χ0n) is 5.90. The van der Waals surface area contributed by atoms with Crippen LogP contribution in [-0.2, 0) is 4.74 Å². The Morgan fingerprint density at radius 2 is 2.30 bits per heavy atom. The third-order valence-electron chi connectivity index (χ3n) is 0.804. The first-order chi connectivity index (χ1) is 4.70. The second-order valence-corrected chi connectivity index (χ2v) is 1.50. The van der Waals surface area contributed by atoms with Crippen molar-refractivity contribution in [2.75, 3.05) is 20.7 Å². The second kappa shape index (κ2) is 4.96. The van der Waals surface area contributed by atoms with Crippen molar-refractivity contribution in [2.45, 2.75) is 6.43 Å². The smallest absolute Gasteiger partial charge is 0.284 e. The van der Waals surface area contributed by atoms with Crippen LogP contribution in [0.2, 0.25) is 0 Å². The maximum absolute atomic E-state index is 11.5. The van der Waals surface area contributed by atoms with Gasteiger partial charge < -0.3 is 10.1 Å². The standard InChI is InChI=1S/C5H10F2N2O/c1-8-5(10-2)9-3-4(6)7/h4H,3H2,1-2H3,(H,8,9). The van der Waals surface area contributed by atoms with Gasteiger partial charge in [0.1, 0.15) is 0 Å². The Bertz CT molecular complexity index is 116. The monoisotopic (exact) mass is 152 g/mol. The van der Waals surface area contributed by atoms with Crippen molar-refractivity contribution in [2.24, 2.45) is 4.99 Å². The molecule has 0 bridgehead atoms. The molecule has 0 radical (unpaired) electrons. The molecule has 0 rings (SSSR count). The summed E-state index contributed by atoms with van der Waals surface area (Å²) in [6.45, 7) is -0.430. The lowest BCUT2D eigenvalue weighted by molar-refractivity contribution is 0.149. The zero-order chi connectivity index (χ0) is 7.98. The van der Waals surface area contributed by atoms with Gasteiger partial charge in [-0.05, 0) is 0 Å². The van der Waals surface area contributed by atoms with E-state index >= 15 is 0 Å². The van der Waals surface area contributed by atoms with Gasteiger partial charge in [-0.15, -0.1) is 0 Å². The molecular formula is C5H10F2N2O. The summed E-state index contributed by atoms with van der Waals surface area (Å²) in [7, 11) is 2.82. The van der Waals surface area contributed by atoms with Crippen molar-refractivity contribution in [3.63, 3.8) is 0 Å². The van der Waals surface area contributed by atoms with Gasteiger partial charge in [-0.2, -0.15) is 0 Å². The fraction of sp³-hybridized carbons (Fsp3) is 0.800. The number of aliphatic imine (C=N–C) groups is 1. The third kappa shape index (κ3) is 4.05. The fourth-order valence-electron chi connectivity index (χ4n) is 0.407. The van der Waals surface area contributed by atoms with Crippen LogP contribution < -0.4 is 5.32 Å². The van der Waals surface area contributed by atoms with Gasteiger partial charge in [-0.3, -0.25) is 0 Å². The van der Waals surface area contributed by atoms with Crippen LogP contribution in [-0.4, -0.2) is 33.1 Å².